The summed E-state index contributed by atoms with van der Waals surface area (Å²) in [5.41, 5.74) is 0.728. The van der Waals surface area contributed by atoms with Gasteiger partial charge in [-0.15, -0.1) is 5.10 Å². The van der Waals surface area contributed by atoms with Gasteiger partial charge in [0.1, 0.15) is 5.82 Å². The predicted molar refractivity (Wildman–Crippen MR) is 91.7 cm³/mol. The van der Waals surface area contributed by atoms with Crippen LogP contribution in [0.25, 0.3) is 5.69 Å². The van der Waals surface area contributed by atoms with Crippen LogP contribution in [0, 0.1) is 0 Å². The Balaban J connectivity index is 1.95. The maximum absolute atomic E-state index is 12.9. The molecule has 7 heteroatoms. The van der Waals surface area contributed by atoms with Crippen LogP contribution in [0.15, 0.2) is 24.3 Å². The van der Waals surface area contributed by atoms with Crippen LogP contribution < -0.4 is 0 Å². The van der Waals surface area contributed by atoms with Gasteiger partial charge in [-0.1, -0.05) is 30.7 Å². The van der Waals surface area contributed by atoms with E-state index in [0.29, 0.717) is 30.4 Å². The minimum absolute atomic E-state index is 0.00559. The Morgan fingerprint density at radius 1 is 1.38 bits per heavy atom. The number of morpholine rings is 1. The molecule has 0 saturated carbocycles. The molecule has 0 spiro atoms. The van der Waals surface area contributed by atoms with E-state index < -0.39 is 0 Å². The van der Waals surface area contributed by atoms with Crippen molar-refractivity contribution in [1.29, 1.82) is 0 Å². The van der Waals surface area contributed by atoms with Gasteiger partial charge in [0.05, 0.1) is 29.5 Å². The Morgan fingerprint density at radius 3 is 2.83 bits per heavy atom. The van der Waals surface area contributed by atoms with Crippen molar-refractivity contribution in [1.82, 2.24) is 19.7 Å². The second kappa shape index (κ2) is 6.91. The van der Waals surface area contributed by atoms with Gasteiger partial charge in [-0.2, -0.15) is 0 Å². The quantitative estimate of drug-likeness (QED) is 0.855. The predicted octanol–water partition coefficient (Wildman–Crippen LogP) is 2.73. The number of halogens is 1. The van der Waals surface area contributed by atoms with Crippen LogP contribution in [0.5, 0.6) is 0 Å². The minimum Gasteiger partial charge on any atom is -0.375 e. The zero-order valence-electron chi connectivity index (χ0n) is 14.1. The summed E-state index contributed by atoms with van der Waals surface area (Å²) in [6.45, 7) is 6.97. The Morgan fingerprint density at radius 2 is 2.12 bits per heavy atom. The third-order valence-corrected chi connectivity index (χ3v) is 4.45. The first-order valence-corrected chi connectivity index (χ1v) is 8.52. The van der Waals surface area contributed by atoms with Gasteiger partial charge in [0.2, 0.25) is 5.82 Å². The summed E-state index contributed by atoms with van der Waals surface area (Å²) in [6.07, 6.45) is 0.669. The number of benzene rings is 1. The Hall–Kier alpha value is -1.92. The van der Waals surface area contributed by atoms with Crippen LogP contribution in [0.3, 0.4) is 0 Å². The van der Waals surface area contributed by atoms with Crippen molar-refractivity contribution >= 4 is 17.5 Å². The maximum atomic E-state index is 12.9. The summed E-state index contributed by atoms with van der Waals surface area (Å²) in [5, 5.41) is 5.01. The summed E-state index contributed by atoms with van der Waals surface area (Å²) in [7, 11) is 0. The van der Waals surface area contributed by atoms with Crippen LogP contribution in [0.1, 0.15) is 37.2 Å². The van der Waals surface area contributed by atoms with Crippen molar-refractivity contribution in [2.45, 2.75) is 39.3 Å². The van der Waals surface area contributed by atoms with Crippen molar-refractivity contribution in [3.8, 4) is 5.69 Å². The molecule has 6 nitrogen and oxygen atoms in total. The number of ether oxygens (including phenoxy) is 1. The van der Waals surface area contributed by atoms with Gasteiger partial charge in [-0.25, -0.2) is 9.67 Å². The van der Waals surface area contributed by atoms with Crippen molar-refractivity contribution in [3.63, 3.8) is 0 Å². The number of aromatic nitrogens is 3. The molecule has 0 bridgehead atoms. The maximum Gasteiger partial charge on any atom is 0.293 e. The fourth-order valence-electron chi connectivity index (χ4n) is 2.79. The number of amides is 1. The van der Waals surface area contributed by atoms with Crippen molar-refractivity contribution in [2.24, 2.45) is 0 Å². The average Bonchev–Trinajstić information content (AvgIpc) is 3.01. The number of carbonyl (C=O) groups is 1. The monoisotopic (exact) mass is 348 g/mol. The molecule has 1 aliphatic heterocycles. The molecule has 1 aromatic carbocycles. The molecule has 24 heavy (non-hydrogen) atoms. The van der Waals surface area contributed by atoms with Crippen LogP contribution >= 0.6 is 11.6 Å². The minimum atomic E-state index is -0.168. The molecule has 0 radical (unpaired) electrons. The summed E-state index contributed by atoms with van der Waals surface area (Å²) >= 11 is 6.27. The summed E-state index contributed by atoms with van der Waals surface area (Å²) < 4.78 is 7.24. The Bertz CT molecular complexity index is 746. The van der Waals surface area contributed by atoms with Crippen LogP contribution in [0.4, 0.5) is 0 Å². The van der Waals surface area contributed by atoms with Gasteiger partial charge >= 0.3 is 0 Å². The first-order chi connectivity index (χ1) is 11.5. The van der Waals surface area contributed by atoms with E-state index in [0.717, 1.165) is 5.69 Å². The highest BCUT2D eigenvalue weighted by Gasteiger charge is 2.31. The zero-order chi connectivity index (χ0) is 17.3. The lowest BCUT2D eigenvalue weighted by atomic mass is 10.2. The molecular formula is C17H21ClN4O2. The highest BCUT2D eigenvalue weighted by molar-refractivity contribution is 6.32. The van der Waals surface area contributed by atoms with E-state index in [1.165, 1.54) is 0 Å². The molecule has 2 atom stereocenters. The number of nitrogens with zero attached hydrogens (tertiary/aromatic N) is 4. The molecule has 1 aliphatic rings. The van der Waals surface area contributed by atoms with Crippen molar-refractivity contribution in [3.05, 3.63) is 40.9 Å². The van der Waals surface area contributed by atoms with Gasteiger partial charge in [0.15, 0.2) is 0 Å². The Labute approximate surface area is 146 Å². The van der Waals surface area contributed by atoms with Gasteiger partial charge in [-0.3, -0.25) is 4.79 Å². The number of rotatable bonds is 3. The molecule has 128 valence electrons. The molecule has 2 heterocycles. The number of hydrogen-bond acceptors (Lipinski definition) is 4. The molecule has 1 fully saturated rings. The van der Waals surface area contributed by atoms with E-state index in [1.54, 1.807) is 15.6 Å². The van der Waals surface area contributed by atoms with E-state index in [4.69, 9.17) is 16.3 Å². The fraction of sp³-hybridized carbons (Fsp3) is 0.471. The van der Waals surface area contributed by atoms with Gasteiger partial charge < -0.3 is 9.64 Å². The van der Waals surface area contributed by atoms with E-state index in [9.17, 15) is 4.79 Å². The normalized spacial score (nSPS) is 21.1. The molecule has 1 aromatic heterocycles. The van der Waals surface area contributed by atoms with Gasteiger partial charge in [0.25, 0.3) is 5.91 Å². The second-order valence-corrected chi connectivity index (χ2v) is 6.43. The number of carbonyl (C=O) groups excluding carboxylic acids is 1. The molecule has 3 rings (SSSR count). The lowest BCUT2D eigenvalue weighted by molar-refractivity contribution is -0.0391. The molecule has 1 amide bonds. The molecule has 2 aromatic rings. The highest BCUT2D eigenvalue weighted by atomic mass is 35.5. The van der Waals surface area contributed by atoms with E-state index >= 15 is 0 Å². The second-order valence-electron chi connectivity index (χ2n) is 6.02. The first-order valence-electron chi connectivity index (χ1n) is 8.14. The zero-order valence-corrected chi connectivity index (χ0v) is 14.8. The largest absolute Gasteiger partial charge is 0.375 e. The average molecular weight is 349 g/mol. The lowest BCUT2D eigenvalue weighted by Gasteiger charge is -2.36. The van der Waals surface area contributed by atoms with E-state index in [1.807, 2.05) is 39.0 Å². The topological polar surface area (TPSA) is 60.3 Å². The summed E-state index contributed by atoms with van der Waals surface area (Å²) in [4.78, 5) is 19.1. The van der Waals surface area contributed by atoms with Crippen molar-refractivity contribution in [2.75, 3.05) is 13.2 Å². The van der Waals surface area contributed by atoms with E-state index in [-0.39, 0.29) is 23.9 Å². The van der Waals surface area contributed by atoms with Crippen LogP contribution in [-0.4, -0.2) is 50.9 Å². The molecule has 1 saturated heterocycles. The number of hydrogen-bond donors (Lipinski definition) is 0. The summed E-state index contributed by atoms with van der Waals surface area (Å²) in [6, 6.07) is 7.41. The SMILES string of the molecule is CCc1nc(C(=O)N2C[C@@H](C)OC[C@@H]2C)nn1-c1ccccc1Cl. The lowest BCUT2D eigenvalue weighted by Crippen LogP contribution is -2.50. The molecule has 0 N–H and O–H groups in total. The van der Waals surface area contributed by atoms with E-state index in [2.05, 4.69) is 10.1 Å². The van der Waals surface area contributed by atoms with Crippen LogP contribution in [0.2, 0.25) is 5.02 Å². The standard InChI is InChI=1S/C17H21ClN4O2/c1-4-15-19-16(17(23)21-9-12(3)24-10-11(21)2)20-22(15)14-8-6-5-7-13(14)18/h5-8,11-12H,4,9-10H2,1-3H3/t11-,12+/m0/s1. The molecule has 0 unspecified atom stereocenters. The fourth-order valence-corrected chi connectivity index (χ4v) is 3.01. The van der Waals surface area contributed by atoms with Gasteiger partial charge in [0, 0.05) is 13.0 Å². The summed E-state index contributed by atoms with van der Waals surface area (Å²) in [5.74, 6) is 0.742. The third kappa shape index (κ3) is 3.16. The first kappa shape index (κ1) is 16.9. The number of para-hydroxylation sites is 1. The highest BCUT2D eigenvalue weighted by Crippen LogP contribution is 2.21. The number of aryl methyl sites for hydroxylation is 1. The Kier molecular flexibility index (Phi) is 4.87. The molecule has 0 aliphatic carbocycles. The van der Waals surface area contributed by atoms with Crippen LogP contribution in [-0.2, 0) is 11.2 Å². The van der Waals surface area contributed by atoms with Gasteiger partial charge in [-0.05, 0) is 26.0 Å². The van der Waals surface area contributed by atoms with Crippen molar-refractivity contribution < 1.29 is 9.53 Å². The smallest absolute Gasteiger partial charge is 0.293 e. The third-order valence-electron chi connectivity index (χ3n) is 4.13. The molecular weight excluding hydrogens is 328 g/mol.